The van der Waals surface area contributed by atoms with E-state index in [0.717, 1.165) is 43.5 Å². The first-order valence-corrected chi connectivity index (χ1v) is 11.7. The maximum Gasteiger partial charge on any atom is 0.228 e. The van der Waals surface area contributed by atoms with Crippen molar-refractivity contribution in [2.75, 3.05) is 20.8 Å². The molecule has 0 aromatic carbocycles. The summed E-state index contributed by atoms with van der Waals surface area (Å²) >= 11 is 0. The lowest BCUT2D eigenvalue weighted by molar-refractivity contribution is 0.187. The number of rotatable bonds is 10. The molecule has 1 unspecified atom stereocenters. The lowest BCUT2D eigenvalue weighted by Crippen LogP contribution is -2.26. The number of nitrogens with zero attached hydrogens (tertiary/aromatic N) is 5. The van der Waals surface area contributed by atoms with E-state index in [1.807, 2.05) is 17.7 Å². The van der Waals surface area contributed by atoms with Gasteiger partial charge in [0.2, 0.25) is 15.0 Å². The highest BCUT2D eigenvalue weighted by atomic mass is 32.2. The van der Waals surface area contributed by atoms with E-state index in [4.69, 9.17) is 4.74 Å². The van der Waals surface area contributed by atoms with Crippen LogP contribution in [0, 0.1) is 0 Å². The van der Waals surface area contributed by atoms with Crippen molar-refractivity contribution in [1.29, 1.82) is 0 Å². The Morgan fingerprint density at radius 1 is 1.31 bits per heavy atom. The van der Waals surface area contributed by atoms with Gasteiger partial charge in [-0.1, -0.05) is 12.8 Å². The first-order chi connectivity index (χ1) is 13.9. The number of ether oxygens (including phenoxy) is 1. The number of aromatic nitrogens is 4. The number of imidazole rings is 1. The van der Waals surface area contributed by atoms with Crippen LogP contribution in [0.25, 0.3) is 0 Å². The Morgan fingerprint density at radius 2 is 2.07 bits per heavy atom. The first kappa shape index (κ1) is 21.9. The fourth-order valence-electron chi connectivity index (χ4n) is 3.87. The predicted octanol–water partition coefficient (Wildman–Crippen LogP) is 2.62. The maximum absolute atomic E-state index is 13.2. The van der Waals surface area contributed by atoms with E-state index < -0.39 is 9.84 Å². The molecular weight excluding hydrogens is 390 g/mol. The predicted molar refractivity (Wildman–Crippen MR) is 110 cm³/mol. The minimum Gasteiger partial charge on any atom is -0.385 e. The summed E-state index contributed by atoms with van der Waals surface area (Å²) in [5.41, 5.74) is 1.81. The average Bonchev–Trinajstić information content (AvgIpc) is 3.39. The molecule has 2 heterocycles. The van der Waals surface area contributed by atoms with Gasteiger partial charge in [0.05, 0.1) is 22.8 Å². The van der Waals surface area contributed by atoms with Gasteiger partial charge in [-0.15, -0.1) is 0 Å². The van der Waals surface area contributed by atoms with Gasteiger partial charge in [0.25, 0.3) is 0 Å². The molecule has 1 saturated carbocycles. The number of hydrogen-bond donors (Lipinski definition) is 0. The minimum atomic E-state index is -3.42. The molecule has 1 aliphatic carbocycles. The van der Waals surface area contributed by atoms with Crippen LogP contribution in [0.15, 0.2) is 29.9 Å². The van der Waals surface area contributed by atoms with Crippen LogP contribution >= 0.6 is 0 Å². The van der Waals surface area contributed by atoms with Crippen LogP contribution in [0.5, 0.6) is 0 Å². The smallest absolute Gasteiger partial charge is 0.228 e. The second-order valence-electron chi connectivity index (χ2n) is 7.71. The molecule has 2 aromatic heterocycles. The zero-order valence-electron chi connectivity index (χ0n) is 17.5. The second-order valence-corrected chi connectivity index (χ2v) is 9.83. The molecule has 0 N–H and O–H groups in total. The van der Waals surface area contributed by atoms with Crippen molar-refractivity contribution in [3.63, 3.8) is 0 Å². The summed E-state index contributed by atoms with van der Waals surface area (Å²) in [6, 6.07) is 1.96. The molecule has 1 atom stereocenters. The van der Waals surface area contributed by atoms with E-state index in [1.165, 1.54) is 0 Å². The molecule has 0 bridgehead atoms. The summed E-state index contributed by atoms with van der Waals surface area (Å²) in [4.78, 5) is 14.8. The Labute approximate surface area is 173 Å². The van der Waals surface area contributed by atoms with E-state index in [0.29, 0.717) is 19.7 Å². The molecule has 29 heavy (non-hydrogen) atoms. The van der Waals surface area contributed by atoms with Crippen LogP contribution in [-0.2, 0) is 27.7 Å². The molecule has 0 saturated heterocycles. The Bertz CT molecular complexity index is 879. The van der Waals surface area contributed by atoms with Gasteiger partial charge in [-0.25, -0.2) is 23.4 Å². The van der Waals surface area contributed by atoms with Gasteiger partial charge in [0.1, 0.15) is 6.33 Å². The molecule has 0 radical (unpaired) electrons. The molecule has 0 spiro atoms. The molecule has 0 amide bonds. The van der Waals surface area contributed by atoms with Crippen LogP contribution in [-0.4, -0.2) is 58.9 Å². The lowest BCUT2D eigenvalue weighted by Gasteiger charge is -2.25. The molecule has 2 aromatic rings. The standard InChI is InChI=1S/C20H31N5O3S/c1-16(19-9-10-21-15-23-19)24(2)14-17-13-22-20(25(17)11-6-12-28-3)29(26,27)18-7-4-5-8-18/h9-10,13,15-16,18H,4-8,11-12,14H2,1-3H3. The summed E-state index contributed by atoms with van der Waals surface area (Å²) in [5, 5.41) is -0.102. The Kier molecular flexibility index (Phi) is 7.37. The average molecular weight is 422 g/mol. The monoisotopic (exact) mass is 421 g/mol. The van der Waals surface area contributed by atoms with Gasteiger partial charge in [-0.3, -0.25) is 4.90 Å². The zero-order chi connectivity index (χ0) is 20.9. The van der Waals surface area contributed by atoms with E-state index in [1.54, 1.807) is 25.8 Å². The van der Waals surface area contributed by atoms with Crippen molar-refractivity contribution in [3.8, 4) is 0 Å². The third-order valence-electron chi connectivity index (χ3n) is 5.73. The van der Waals surface area contributed by atoms with E-state index >= 15 is 0 Å². The molecule has 9 heteroatoms. The van der Waals surface area contributed by atoms with E-state index in [9.17, 15) is 8.42 Å². The minimum absolute atomic E-state index is 0.0650. The zero-order valence-corrected chi connectivity index (χ0v) is 18.3. The topological polar surface area (TPSA) is 90.2 Å². The van der Waals surface area contributed by atoms with Crippen LogP contribution < -0.4 is 0 Å². The highest BCUT2D eigenvalue weighted by molar-refractivity contribution is 7.91. The second kappa shape index (κ2) is 9.77. The molecule has 1 aliphatic rings. The first-order valence-electron chi connectivity index (χ1n) is 10.2. The summed E-state index contributed by atoms with van der Waals surface area (Å²) in [7, 11) is 0.237. The fraction of sp³-hybridized carbons (Fsp3) is 0.650. The molecule has 160 valence electrons. The van der Waals surface area contributed by atoms with Crippen LogP contribution in [0.2, 0.25) is 0 Å². The maximum atomic E-state index is 13.2. The molecule has 1 fully saturated rings. The number of methoxy groups -OCH3 is 1. The van der Waals surface area contributed by atoms with Crippen molar-refractivity contribution in [2.24, 2.45) is 0 Å². The van der Waals surface area contributed by atoms with Gasteiger partial charge in [-0.2, -0.15) is 0 Å². The third kappa shape index (κ3) is 5.02. The molecule has 3 rings (SSSR count). The highest BCUT2D eigenvalue weighted by Crippen LogP contribution is 2.30. The van der Waals surface area contributed by atoms with Gasteiger partial charge in [0.15, 0.2) is 0 Å². The Hall–Kier alpha value is -1.84. The molecular formula is C20H31N5O3S. The van der Waals surface area contributed by atoms with Crippen molar-refractivity contribution in [1.82, 2.24) is 24.4 Å². The molecule has 8 nitrogen and oxygen atoms in total. The van der Waals surface area contributed by atoms with Crippen molar-refractivity contribution in [3.05, 3.63) is 36.2 Å². The van der Waals surface area contributed by atoms with Crippen LogP contribution in [0.3, 0.4) is 0 Å². The van der Waals surface area contributed by atoms with Gasteiger partial charge in [0, 0.05) is 39.0 Å². The normalized spacial score (nSPS) is 16.6. The summed E-state index contributed by atoms with van der Waals surface area (Å²) in [6.07, 6.45) is 9.12. The Morgan fingerprint density at radius 3 is 2.72 bits per heavy atom. The van der Waals surface area contributed by atoms with Gasteiger partial charge < -0.3 is 9.30 Å². The largest absolute Gasteiger partial charge is 0.385 e. The van der Waals surface area contributed by atoms with Crippen molar-refractivity contribution >= 4 is 9.84 Å². The summed E-state index contributed by atoms with van der Waals surface area (Å²) < 4.78 is 33.4. The quantitative estimate of drug-likeness (QED) is 0.545. The van der Waals surface area contributed by atoms with Crippen molar-refractivity contribution in [2.45, 2.75) is 68.6 Å². The summed E-state index contributed by atoms with van der Waals surface area (Å²) in [6.45, 7) is 3.80. The number of sulfone groups is 1. The SMILES string of the molecule is COCCCn1c(CN(C)C(C)c2ccncn2)cnc1S(=O)(=O)C1CCCC1. The van der Waals surface area contributed by atoms with Crippen molar-refractivity contribution < 1.29 is 13.2 Å². The lowest BCUT2D eigenvalue weighted by atomic mass is 10.2. The third-order valence-corrected chi connectivity index (χ3v) is 7.92. The Balaban J connectivity index is 1.85. The summed E-state index contributed by atoms with van der Waals surface area (Å²) in [5.74, 6) is 0. The molecule has 0 aliphatic heterocycles. The van der Waals surface area contributed by atoms with Gasteiger partial charge >= 0.3 is 0 Å². The van der Waals surface area contributed by atoms with E-state index in [-0.39, 0.29) is 16.4 Å². The van der Waals surface area contributed by atoms with Gasteiger partial charge in [-0.05, 0) is 39.3 Å². The number of hydrogen-bond acceptors (Lipinski definition) is 7. The highest BCUT2D eigenvalue weighted by Gasteiger charge is 2.34. The fourth-order valence-corrected chi connectivity index (χ4v) is 5.83. The van der Waals surface area contributed by atoms with E-state index in [2.05, 4.69) is 26.8 Å². The van der Waals surface area contributed by atoms with Crippen LogP contribution in [0.1, 0.15) is 56.5 Å². The van der Waals surface area contributed by atoms with Crippen LogP contribution in [0.4, 0.5) is 0 Å².